The Balaban J connectivity index is -0.000000129. The van der Waals surface area contributed by atoms with E-state index in [-0.39, 0.29) is 81.0 Å². The summed E-state index contributed by atoms with van der Waals surface area (Å²) in [7, 11) is 0. The summed E-state index contributed by atoms with van der Waals surface area (Å²) >= 11 is 0. The number of aliphatic hydroxyl groups is 6. The van der Waals surface area contributed by atoms with Gasteiger partial charge in [-0.1, -0.05) is 13.2 Å². The van der Waals surface area contributed by atoms with Crippen molar-refractivity contribution in [2.45, 2.75) is 65.2 Å². The van der Waals surface area contributed by atoms with Crippen LogP contribution >= 0.6 is 0 Å². The molecule has 0 aliphatic rings. The molecule has 0 saturated carbocycles. The fourth-order valence-electron chi connectivity index (χ4n) is 2.36. The molecule has 0 bridgehead atoms. The second-order valence-corrected chi connectivity index (χ2v) is 10.7. The van der Waals surface area contributed by atoms with Crippen molar-refractivity contribution < 1.29 is 120 Å². The van der Waals surface area contributed by atoms with Gasteiger partial charge >= 0.3 is 65.4 Å². The maximum absolute atomic E-state index is 11.0. The van der Waals surface area contributed by atoms with Crippen LogP contribution in [0.2, 0.25) is 0 Å². The molecular weight excluding hydrogens is 671 g/mol. The van der Waals surface area contributed by atoms with Gasteiger partial charge in [0.15, 0.2) is 0 Å². The van der Waals surface area contributed by atoms with Crippen molar-refractivity contribution in [3.8, 4) is 0 Å². The van der Waals surface area contributed by atoms with E-state index in [1.165, 1.54) is 13.8 Å². The van der Waals surface area contributed by atoms with E-state index in [2.05, 4.69) is 13.2 Å². The van der Waals surface area contributed by atoms with Gasteiger partial charge in [-0.15, -0.1) is 0 Å². The van der Waals surface area contributed by atoms with Crippen LogP contribution in [0.1, 0.15) is 66.6 Å². The number of rotatable bonds is 22. The SMILES string of the molecule is C=C(C)C(=O)OCC(CO)(CO)CO.C=C(C)C(=O)OCC(CO)(CO)CO.O=C(O)CCCCC(=O)O.O=C(O)CCCCC(=O)O.[H-].[Na+]. The van der Waals surface area contributed by atoms with Crippen molar-refractivity contribution in [1.29, 1.82) is 0 Å². The molecule has 0 aliphatic heterocycles. The molecule has 0 fully saturated rings. The molecule has 0 amide bonds. The average Bonchev–Trinajstić information content (AvgIpc) is 3.03. The number of aliphatic carboxylic acids is 4. The number of carbonyl (C=O) groups excluding carboxylic acids is 2. The summed E-state index contributed by atoms with van der Waals surface area (Å²) in [5.74, 6) is -4.69. The minimum absolute atomic E-state index is 0. The van der Waals surface area contributed by atoms with E-state index in [1.807, 2.05) is 0 Å². The van der Waals surface area contributed by atoms with E-state index in [0.717, 1.165) is 0 Å². The molecule has 0 rings (SSSR count). The van der Waals surface area contributed by atoms with Gasteiger partial charge in [-0.2, -0.15) is 0 Å². The third-order valence-electron chi connectivity index (χ3n) is 5.79. The molecule has 0 radical (unpaired) electrons. The zero-order valence-electron chi connectivity index (χ0n) is 29.5. The number of carboxylic acid groups (broad SMARTS) is 4. The fourth-order valence-corrected chi connectivity index (χ4v) is 2.36. The van der Waals surface area contributed by atoms with E-state index in [1.54, 1.807) is 0 Å². The largest absolute Gasteiger partial charge is 1.00 e. The van der Waals surface area contributed by atoms with Gasteiger partial charge in [0, 0.05) is 36.8 Å². The second kappa shape index (κ2) is 33.6. The number of hydrogen-bond acceptors (Lipinski definition) is 14. The molecule has 0 saturated heterocycles. The van der Waals surface area contributed by atoms with Gasteiger partial charge in [-0.25, -0.2) is 9.59 Å². The Morgan fingerprint density at radius 2 is 0.673 bits per heavy atom. The van der Waals surface area contributed by atoms with Crippen LogP contribution in [0.25, 0.3) is 0 Å². The molecule has 18 nitrogen and oxygen atoms in total. The van der Waals surface area contributed by atoms with Crippen molar-refractivity contribution in [1.82, 2.24) is 0 Å². The number of ether oxygens (including phenoxy) is 2. The van der Waals surface area contributed by atoms with Crippen molar-refractivity contribution >= 4 is 35.8 Å². The van der Waals surface area contributed by atoms with Gasteiger partial charge in [0.25, 0.3) is 0 Å². The van der Waals surface area contributed by atoms with Crippen LogP contribution < -0.4 is 29.6 Å². The summed E-state index contributed by atoms with van der Waals surface area (Å²) in [5, 5.41) is 85.9. The quantitative estimate of drug-likeness (QED) is 0.0226. The van der Waals surface area contributed by atoms with Crippen molar-refractivity contribution in [2.24, 2.45) is 10.8 Å². The summed E-state index contributed by atoms with van der Waals surface area (Å²) in [4.78, 5) is 61.5. The van der Waals surface area contributed by atoms with Gasteiger partial charge in [-0.05, 0) is 39.5 Å². The minimum Gasteiger partial charge on any atom is -1.00 e. The van der Waals surface area contributed by atoms with E-state index in [0.29, 0.717) is 25.7 Å². The molecule has 0 aromatic heterocycles. The maximum Gasteiger partial charge on any atom is 1.00 e. The Morgan fingerprint density at radius 3 is 0.796 bits per heavy atom. The van der Waals surface area contributed by atoms with E-state index in [4.69, 9.17) is 60.5 Å². The first-order valence-corrected chi connectivity index (χ1v) is 14.5. The van der Waals surface area contributed by atoms with Crippen LogP contribution in [0.15, 0.2) is 24.3 Å². The molecule has 0 aromatic rings. The number of carboxylic acids is 4. The number of aliphatic hydroxyl groups excluding tert-OH is 6. The Kier molecular flexibility index (Phi) is 38.0. The maximum atomic E-state index is 11.0. The molecule has 0 unspecified atom stereocenters. The van der Waals surface area contributed by atoms with Crippen molar-refractivity contribution in [3.63, 3.8) is 0 Å². The van der Waals surface area contributed by atoms with E-state index < -0.39 is 86.3 Å². The van der Waals surface area contributed by atoms with Gasteiger partial charge < -0.3 is 62.0 Å². The van der Waals surface area contributed by atoms with Crippen LogP contribution in [-0.4, -0.2) is 140 Å². The van der Waals surface area contributed by atoms with Crippen LogP contribution in [0.5, 0.6) is 0 Å². The summed E-state index contributed by atoms with van der Waals surface area (Å²) in [6.07, 6.45) is 2.04. The summed E-state index contributed by atoms with van der Waals surface area (Å²) in [6, 6.07) is 0. The van der Waals surface area contributed by atoms with E-state index >= 15 is 0 Å². The zero-order chi connectivity index (χ0) is 38.3. The van der Waals surface area contributed by atoms with Crippen LogP contribution in [-0.2, 0) is 38.2 Å². The van der Waals surface area contributed by atoms with Gasteiger partial charge in [0.05, 0.1) is 50.5 Å². The molecule has 0 aromatic carbocycles. The predicted molar refractivity (Wildman–Crippen MR) is 168 cm³/mol. The zero-order valence-corrected chi connectivity index (χ0v) is 30.5. The molecule has 19 heteroatoms. The van der Waals surface area contributed by atoms with Crippen LogP contribution in [0.4, 0.5) is 0 Å². The van der Waals surface area contributed by atoms with Gasteiger partial charge in [0.1, 0.15) is 13.2 Å². The first-order chi connectivity index (χ1) is 22.3. The number of hydrogen-bond donors (Lipinski definition) is 10. The topological polar surface area (TPSA) is 323 Å². The van der Waals surface area contributed by atoms with E-state index in [9.17, 15) is 28.8 Å². The monoisotopic (exact) mass is 724 g/mol. The molecule has 49 heavy (non-hydrogen) atoms. The molecule has 0 aliphatic carbocycles. The van der Waals surface area contributed by atoms with Crippen molar-refractivity contribution in [2.75, 3.05) is 52.9 Å². The second-order valence-electron chi connectivity index (χ2n) is 10.7. The van der Waals surface area contributed by atoms with Gasteiger partial charge in [0.2, 0.25) is 0 Å². The summed E-state index contributed by atoms with van der Waals surface area (Å²) in [6.45, 7) is 6.52. The first kappa shape index (κ1) is 55.5. The third-order valence-corrected chi connectivity index (χ3v) is 5.79. The van der Waals surface area contributed by atoms with Crippen LogP contribution in [0.3, 0.4) is 0 Å². The summed E-state index contributed by atoms with van der Waals surface area (Å²) in [5.41, 5.74) is -1.89. The van der Waals surface area contributed by atoms with Crippen LogP contribution in [0, 0.1) is 10.8 Å². The number of esters is 2. The standard InChI is InChI=1S/2C9H16O5.2C6H10O4.Na.H/c2*1-7(2)8(13)14-6-9(3-10,4-11)5-12;2*7-5(8)3-1-2-4-6(9)10;;/h2*10-12H,1,3-6H2,2H3;2*1-4H2,(H,7,8)(H,9,10);;/q;;;;+1;-1. The average molecular weight is 725 g/mol. The summed E-state index contributed by atoms with van der Waals surface area (Å²) < 4.78 is 9.45. The molecule has 0 atom stereocenters. The Bertz CT molecular complexity index is 870. The third kappa shape index (κ3) is 34.7. The molecule has 0 spiro atoms. The minimum atomic E-state index is -1.18. The molecule has 10 N–H and O–H groups in total. The smallest absolute Gasteiger partial charge is 1.00 e. The van der Waals surface area contributed by atoms with Crippen molar-refractivity contribution in [3.05, 3.63) is 24.3 Å². The molecule has 282 valence electrons. The fraction of sp³-hybridized carbons (Fsp3) is 0.667. The Labute approximate surface area is 308 Å². The number of unbranched alkanes of at least 4 members (excludes halogenated alkanes) is 2. The molecule has 0 heterocycles. The Hall–Kier alpha value is -2.94. The normalized spacial score (nSPS) is 10.1. The van der Waals surface area contributed by atoms with Gasteiger partial charge in [-0.3, -0.25) is 19.2 Å². The Morgan fingerprint density at radius 1 is 0.490 bits per heavy atom. The first-order valence-electron chi connectivity index (χ1n) is 14.5. The number of carbonyl (C=O) groups is 6. The predicted octanol–water partition coefficient (Wildman–Crippen LogP) is -3.31. The molecular formula is C30H53NaO18.